The molecule has 0 aliphatic carbocycles. The lowest BCUT2D eigenvalue weighted by atomic mass is 10.1. The summed E-state index contributed by atoms with van der Waals surface area (Å²) < 4.78 is 7.82. The molecule has 2 aromatic carbocycles. The van der Waals surface area contributed by atoms with Crippen molar-refractivity contribution in [3.8, 4) is 5.69 Å². The molecule has 6 nitrogen and oxygen atoms in total. The number of aromatic nitrogens is 3. The zero-order valence-electron chi connectivity index (χ0n) is 15.1. The standard InChI is InChI=1S/C21H18N4O2S/c26-21(24-10-11-27-19(13-24)20-22-9-12-28-20)15-5-7-16(8-6-15)25-14-23-17-3-1-2-4-18(17)25/h1-9,12,14,19H,10-11,13H2. The Morgan fingerprint density at radius 3 is 2.79 bits per heavy atom. The van der Waals surface area contributed by atoms with Crippen molar-refractivity contribution in [1.82, 2.24) is 19.4 Å². The van der Waals surface area contributed by atoms with Crippen LogP contribution in [0.3, 0.4) is 0 Å². The lowest BCUT2D eigenvalue weighted by Gasteiger charge is -2.32. The topological polar surface area (TPSA) is 60.2 Å². The molecule has 3 heterocycles. The van der Waals surface area contributed by atoms with Gasteiger partial charge in [-0.25, -0.2) is 9.97 Å². The molecule has 0 saturated carbocycles. The van der Waals surface area contributed by atoms with E-state index in [0.29, 0.717) is 25.3 Å². The van der Waals surface area contributed by atoms with E-state index in [1.54, 1.807) is 17.5 Å². The van der Waals surface area contributed by atoms with Crippen LogP contribution in [-0.4, -0.2) is 45.0 Å². The van der Waals surface area contributed by atoms with Crippen molar-refractivity contribution < 1.29 is 9.53 Å². The highest BCUT2D eigenvalue weighted by Gasteiger charge is 2.27. The van der Waals surface area contributed by atoms with Gasteiger partial charge in [0.25, 0.3) is 5.91 Å². The largest absolute Gasteiger partial charge is 0.367 e. The van der Waals surface area contributed by atoms with Gasteiger partial charge in [-0.05, 0) is 36.4 Å². The Morgan fingerprint density at radius 1 is 1.11 bits per heavy atom. The molecule has 0 radical (unpaired) electrons. The molecular weight excluding hydrogens is 372 g/mol. The van der Waals surface area contributed by atoms with E-state index in [4.69, 9.17) is 4.74 Å². The van der Waals surface area contributed by atoms with Gasteiger partial charge in [0.15, 0.2) is 0 Å². The summed E-state index contributed by atoms with van der Waals surface area (Å²) >= 11 is 1.56. The van der Waals surface area contributed by atoms with Crippen molar-refractivity contribution in [1.29, 1.82) is 0 Å². The minimum Gasteiger partial charge on any atom is -0.367 e. The second-order valence-corrected chi connectivity index (χ2v) is 7.56. The number of nitrogens with zero attached hydrogens (tertiary/aromatic N) is 4. The van der Waals surface area contributed by atoms with E-state index in [1.165, 1.54) is 0 Å². The first-order valence-electron chi connectivity index (χ1n) is 9.12. The number of morpholine rings is 1. The Hall–Kier alpha value is -3.03. The van der Waals surface area contributed by atoms with Crippen molar-refractivity contribution in [2.24, 2.45) is 0 Å². The first-order chi connectivity index (χ1) is 13.8. The van der Waals surface area contributed by atoms with E-state index < -0.39 is 0 Å². The van der Waals surface area contributed by atoms with E-state index in [2.05, 4.69) is 9.97 Å². The number of carbonyl (C=O) groups excluding carboxylic acids is 1. The van der Waals surface area contributed by atoms with Gasteiger partial charge in [-0.3, -0.25) is 9.36 Å². The van der Waals surface area contributed by atoms with Crippen LogP contribution in [0.5, 0.6) is 0 Å². The molecule has 4 aromatic rings. The van der Waals surface area contributed by atoms with Crippen molar-refractivity contribution in [2.45, 2.75) is 6.10 Å². The third kappa shape index (κ3) is 3.08. The molecule has 5 rings (SSSR count). The average molecular weight is 390 g/mol. The fourth-order valence-corrected chi connectivity index (χ4v) is 4.17. The fraction of sp³-hybridized carbons (Fsp3) is 0.190. The number of hydrogen-bond donors (Lipinski definition) is 0. The number of rotatable bonds is 3. The fourth-order valence-electron chi connectivity index (χ4n) is 3.49. The van der Waals surface area contributed by atoms with Crippen LogP contribution >= 0.6 is 11.3 Å². The minimum absolute atomic E-state index is 0.0203. The highest BCUT2D eigenvalue weighted by molar-refractivity contribution is 7.09. The average Bonchev–Trinajstić information content (AvgIpc) is 3.44. The van der Waals surface area contributed by atoms with Crippen LogP contribution in [0.1, 0.15) is 21.5 Å². The van der Waals surface area contributed by atoms with Crippen molar-refractivity contribution in [2.75, 3.05) is 19.7 Å². The van der Waals surface area contributed by atoms with E-state index in [9.17, 15) is 4.79 Å². The van der Waals surface area contributed by atoms with E-state index in [0.717, 1.165) is 21.7 Å². The molecule has 1 atom stereocenters. The summed E-state index contributed by atoms with van der Waals surface area (Å²) in [6, 6.07) is 15.7. The third-order valence-electron chi connectivity index (χ3n) is 4.93. The molecule has 7 heteroatoms. The Kier molecular flexibility index (Phi) is 4.38. The molecule has 140 valence electrons. The summed E-state index contributed by atoms with van der Waals surface area (Å²) in [5, 5.41) is 2.85. The quantitative estimate of drug-likeness (QED) is 0.535. The van der Waals surface area contributed by atoms with Crippen LogP contribution in [0.25, 0.3) is 16.7 Å². The SMILES string of the molecule is O=C(c1ccc(-n2cnc3ccccc32)cc1)N1CCOC(c2nccs2)C1. The first-order valence-corrected chi connectivity index (χ1v) is 10.0. The van der Waals surface area contributed by atoms with Crippen LogP contribution in [0.2, 0.25) is 0 Å². The molecular formula is C21H18N4O2S. The van der Waals surface area contributed by atoms with Crippen LogP contribution in [0.4, 0.5) is 0 Å². The third-order valence-corrected chi connectivity index (χ3v) is 5.79. The maximum absolute atomic E-state index is 13.0. The van der Waals surface area contributed by atoms with Gasteiger partial charge in [-0.15, -0.1) is 11.3 Å². The van der Waals surface area contributed by atoms with Gasteiger partial charge in [0.2, 0.25) is 0 Å². The molecule has 1 aliphatic heterocycles. The van der Waals surface area contributed by atoms with Crippen LogP contribution < -0.4 is 0 Å². The number of thiazole rings is 1. The highest BCUT2D eigenvalue weighted by atomic mass is 32.1. The Balaban J connectivity index is 1.36. The summed E-state index contributed by atoms with van der Waals surface area (Å²) in [6.45, 7) is 1.64. The van der Waals surface area contributed by atoms with Crippen molar-refractivity contribution in [3.05, 3.63) is 77.0 Å². The molecule has 0 spiro atoms. The molecule has 28 heavy (non-hydrogen) atoms. The maximum Gasteiger partial charge on any atom is 0.254 e. The maximum atomic E-state index is 13.0. The summed E-state index contributed by atoms with van der Waals surface area (Å²) in [5.41, 5.74) is 3.64. The van der Waals surface area contributed by atoms with Crippen LogP contribution in [-0.2, 0) is 4.74 Å². The lowest BCUT2D eigenvalue weighted by molar-refractivity contribution is -0.0229. The molecule has 1 amide bonds. The van der Waals surface area contributed by atoms with Gasteiger partial charge >= 0.3 is 0 Å². The predicted molar refractivity (Wildman–Crippen MR) is 108 cm³/mol. The Bertz CT molecular complexity index is 1110. The van der Waals surface area contributed by atoms with Crippen LogP contribution in [0, 0.1) is 0 Å². The second-order valence-electron chi connectivity index (χ2n) is 6.63. The minimum atomic E-state index is -0.144. The zero-order chi connectivity index (χ0) is 18.9. The second kappa shape index (κ2) is 7.18. The number of benzene rings is 2. The van der Waals surface area contributed by atoms with Gasteiger partial charge in [-0.2, -0.15) is 0 Å². The molecule has 1 fully saturated rings. The predicted octanol–water partition coefficient (Wildman–Crippen LogP) is 3.70. The summed E-state index contributed by atoms with van der Waals surface area (Å²) in [7, 11) is 0. The smallest absolute Gasteiger partial charge is 0.254 e. The molecule has 1 aliphatic rings. The van der Waals surface area contributed by atoms with E-state index in [-0.39, 0.29) is 12.0 Å². The molecule has 0 N–H and O–H groups in total. The van der Waals surface area contributed by atoms with E-state index >= 15 is 0 Å². The van der Waals surface area contributed by atoms with Gasteiger partial charge in [0.05, 0.1) is 24.2 Å². The van der Waals surface area contributed by atoms with Crippen LogP contribution in [0.15, 0.2) is 66.4 Å². The van der Waals surface area contributed by atoms with Gasteiger partial charge < -0.3 is 9.64 Å². The number of hydrogen-bond acceptors (Lipinski definition) is 5. The van der Waals surface area contributed by atoms with Gasteiger partial charge in [-0.1, -0.05) is 12.1 Å². The normalized spacial score (nSPS) is 17.1. The molecule has 2 aromatic heterocycles. The molecule has 1 saturated heterocycles. The number of ether oxygens (including phenoxy) is 1. The number of fused-ring (bicyclic) bond motifs is 1. The van der Waals surface area contributed by atoms with Gasteiger partial charge in [0, 0.05) is 29.4 Å². The summed E-state index contributed by atoms with van der Waals surface area (Å²) in [4.78, 5) is 23.5. The molecule has 1 unspecified atom stereocenters. The number of carbonyl (C=O) groups is 1. The van der Waals surface area contributed by atoms with Crippen molar-refractivity contribution in [3.63, 3.8) is 0 Å². The Labute approximate surface area is 166 Å². The number of imidazole rings is 1. The van der Waals surface area contributed by atoms with E-state index in [1.807, 2.05) is 69.7 Å². The zero-order valence-corrected chi connectivity index (χ0v) is 15.9. The Morgan fingerprint density at radius 2 is 1.96 bits per heavy atom. The monoisotopic (exact) mass is 390 g/mol. The van der Waals surface area contributed by atoms with Crippen molar-refractivity contribution >= 4 is 28.3 Å². The summed E-state index contributed by atoms with van der Waals surface area (Å²) in [6.07, 6.45) is 3.43. The number of para-hydroxylation sites is 2. The lowest BCUT2D eigenvalue weighted by Crippen LogP contribution is -2.42. The highest BCUT2D eigenvalue weighted by Crippen LogP contribution is 2.25. The number of amides is 1. The summed E-state index contributed by atoms with van der Waals surface area (Å²) in [5.74, 6) is 0.0203. The molecule has 0 bridgehead atoms. The first kappa shape index (κ1) is 17.1. The van der Waals surface area contributed by atoms with Gasteiger partial charge in [0.1, 0.15) is 17.4 Å².